The maximum absolute atomic E-state index is 11.5. The van der Waals surface area contributed by atoms with Crippen molar-refractivity contribution in [1.29, 1.82) is 0 Å². The highest BCUT2D eigenvalue weighted by Gasteiger charge is 2.37. The molecular weight excluding hydrogens is 228 g/mol. The number of aliphatic carboxylic acids is 1. The molecule has 0 saturated carbocycles. The van der Waals surface area contributed by atoms with Crippen LogP contribution in [0.5, 0.6) is 0 Å². The molecule has 1 N–H and O–H groups in total. The van der Waals surface area contributed by atoms with E-state index >= 15 is 0 Å². The fourth-order valence-electron chi connectivity index (χ4n) is 0.804. The normalized spacial score (nSPS) is 20.1. The van der Waals surface area contributed by atoms with Gasteiger partial charge in [-0.15, -0.1) is 0 Å². The smallest absolute Gasteiger partial charge is 0.313 e. The number of carboxylic acids is 1. The highest BCUT2D eigenvalue weighted by Crippen LogP contribution is 2.45. The van der Waals surface area contributed by atoms with E-state index in [9.17, 15) is 9.59 Å². The fourth-order valence-corrected chi connectivity index (χ4v) is 5.08. The van der Waals surface area contributed by atoms with E-state index in [0.717, 1.165) is 23.3 Å². The van der Waals surface area contributed by atoms with Gasteiger partial charge in [0.15, 0.2) is 5.12 Å². The second-order valence-corrected chi connectivity index (χ2v) is 6.47. The second-order valence-electron chi connectivity index (χ2n) is 3.05. The van der Waals surface area contributed by atoms with Gasteiger partial charge in [0.1, 0.15) is 0 Å². The summed E-state index contributed by atoms with van der Waals surface area (Å²) < 4.78 is 0. The summed E-state index contributed by atoms with van der Waals surface area (Å²) in [6.45, 7) is 1.90. The highest BCUT2D eigenvalue weighted by atomic mass is 33.1. The molecule has 0 aromatic carbocycles. The minimum atomic E-state index is -0.930. The van der Waals surface area contributed by atoms with E-state index in [4.69, 9.17) is 5.11 Å². The van der Waals surface area contributed by atoms with E-state index in [1.165, 1.54) is 0 Å². The molecule has 0 aromatic heterocycles. The molecule has 0 radical (unpaired) electrons. The first-order valence-electron chi connectivity index (χ1n) is 3.68. The molecule has 3 nitrogen and oxygen atoms in total. The zero-order valence-electron chi connectivity index (χ0n) is 7.11. The van der Waals surface area contributed by atoms with Crippen LogP contribution < -0.4 is 0 Å². The largest absolute Gasteiger partial charge is 0.481 e. The predicted octanol–water partition coefficient (Wildman–Crippen LogP) is 1.73. The van der Waals surface area contributed by atoms with Crippen molar-refractivity contribution >= 4 is 44.4 Å². The fraction of sp³-hybridized carbons (Fsp3) is 0.714. The predicted molar refractivity (Wildman–Crippen MR) is 58.1 cm³/mol. The lowest BCUT2D eigenvalue weighted by Crippen LogP contribution is -2.28. The molecule has 74 valence electrons. The molecule has 13 heavy (non-hydrogen) atoms. The number of carbonyl (C=O) groups is 2. The number of thioether (sulfide) groups is 1. The van der Waals surface area contributed by atoms with E-state index in [-0.39, 0.29) is 16.3 Å². The summed E-state index contributed by atoms with van der Waals surface area (Å²) in [7, 11) is 3.36. The van der Waals surface area contributed by atoms with Crippen molar-refractivity contribution in [3.05, 3.63) is 0 Å². The Morgan fingerprint density at radius 1 is 1.46 bits per heavy atom. The minimum Gasteiger partial charge on any atom is -0.481 e. The Balaban J connectivity index is 2.42. The van der Waals surface area contributed by atoms with E-state index < -0.39 is 5.97 Å². The third kappa shape index (κ3) is 3.11. The summed E-state index contributed by atoms with van der Waals surface area (Å²) in [5.74, 6) is 0.538. The molecule has 0 amide bonds. The molecule has 1 saturated heterocycles. The lowest BCUT2D eigenvalue weighted by atomic mass is 9.98. The van der Waals surface area contributed by atoms with Gasteiger partial charge in [0, 0.05) is 11.5 Å². The van der Waals surface area contributed by atoms with Gasteiger partial charge in [-0.3, -0.25) is 9.59 Å². The third-order valence-corrected chi connectivity index (χ3v) is 5.69. The first-order chi connectivity index (χ1) is 6.04. The van der Waals surface area contributed by atoms with Crippen LogP contribution >= 0.6 is 33.3 Å². The van der Waals surface area contributed by atoms with Crippen LogP contribution in [0.4, 0.5) is 0 Å². The van der Waals surface area contributed by atoms with Gasteiger partial charge in [-0.05, 0) is 0 Å². The van der Waals surface area contributed by atoms with Crippen molar-refractivity contribution in [3.8, 4) is 0 Å². The summed E-state index contributed by atoms with van der Waals surface area (Å²) in [6.07, 6.45) is 0. The Hall–Kier alpha value is 0.190. The van der Waals surface area contributed by atoms with Gasteiger partial charge in [-0.1, -0.05) is 40.3 Å². The van der Waals surface area contributed by atoms with Gasteiger partial charge in [-0.2, -0.15) is 0 Å². The van der Waals surface area contributed by atoms with Gasteiger partial charge >= 0.3 is 5.97 Å². The highest BCUT2D eigenvalue weighted by molar-refractivity contribution is 8.77. The molecular formula is C7H10O3S3. The molecule has 1 heterocycles. The second kappa shape index (κ2) is 4.61. The van der Waals surface area contributed by atoms with Gasteiger partial charge in [-0.25, -0.2) is 0 Å². The summed E-state index contributed by atoms with van der Waals surface area (Å²) >= 11 is 0.916. The molecule has 1 aliphatic rings. The average molecular weight is 238 g/mol. The van der Waals surface area contributed by atoms with Gasteiger partial charge in [0.25, 0.3) is 0 Å². The summed E-state index contributed by atoms with van der Waals surface area (Å²) in [5.41, 5.74) is -0.324. The number of rotatable bonds is 3. The molecule has 0 bridgehead atoms. The number of carboxylic acid groups (broad SMARTS) is 1. The maximum Gasteiger partial charge on any atom is 0.313 e. The summed E-state index contributed by atoms with van der Waals surface area (Å²) in [4.78, 5) is 21.8. The molecule has 1 aliphatic heterocycles. The van der Waals surface area contributed by atoms with Crippen molar-refractivity contribution in [2.45, 2.75) is 6.92 Å². The van der Waals surface area contributed by atoms with Crippen LogP contribution in [0.15, 0.2) is 0 Å². The van der Waals surface area contributed by atoms with Crippen molar-refractivity contribution in [3.63, 3.8) is 0 Å². The monoisotopic (exact) mass is 238 g/mol. The molecule has 6 heteroatoms. The van der Waals surface area contributed by atoms with Crippen LogP contribution in [-0.2, 0) is 9.59 Å². The SMILES string of the molecule is CC1(C(=O)SCC(=O)O)CSSC1. The number of hydrogen-bond acceptors (Lipinski definition) is 5. The van der Waals surface area contributed by atoms with E-state index in [2.05, 4.69) is 0 Å². The Morgan fingerprint density at radius 3 is 2.46 bits per heavy atom. The Bertz CT molecular complexity index is 223. The zero-order valence-corrected chi connectivity index (χ0v) is 9.56. The summed E-state index contributed by atoms with van der Waals surface area (Å²) in [5, 5.41) is 8.41. The van der Waals surface area contributed by atoms with E-state index in [1.807, 2.05) is 6.92 Å². The zero-order chi connectivity index (χ0) is 9.90. The summed E-state index contributed by atoms with van der Waals surface area (Å²) in [6, 6.07) is 0. The van der Waals surface area contributed by atoms with Crippen molar-refractivity contribution in [2.75, 3.05) is 17.3 Å². The van der Waals surface area contributed by atoms with E-state index in [0.29, 0.717) is 0 Å². The van der Waals surface area contributed by atoms with Crippen LogP contribution in [0.1, 0.15) is 6.92 Å². The molecule has 0 spiro atoms. The van der Waals surface area contributed by atoms with Crippen LogP contribution in [-0.4, -0.2) is 33.4 Å². The Kier molecular flexibility index (Phi) is 4.00. The first kappa shape index (κ1) is 11.3. The molecule has 0 unspecified atom stereocenters. The number of hydrogen-bond donors (Lipinski definition) is 1. The molecule has 1 rings (SSSR count). The van der Waals surface area contributed by atoms with Gasteiger partial charge < -0.3 is 5.11 Å². The van der Waals surface area contributed by atoms with Crippen LogP contribution in [0.2, 0.25) is 0 Å². The topological polar surface area (TPSA) is 54.4 Å². The Morgan fingerprint density at radius 2 is 2.00 bits per heavy atom. The number of carbonyl (C=O) groups excluding carboxylic acids is 1. The van der Waals surface area contributed by atoms with Gasteiger partial charge in [0.2, 0.25) is 0 Å². The van der Waals surface area contributed by atoms with E-state index in [1.54, 1.807) is 21.6 Å². The van der Waals surface area contributed by atoms with Crippen molar-refractivity contribution < 1.29 is 14.7 Å². The molecule has 0 aromatic rings. The lowest BCUT2D eigenvalue weighted by molar-refractivity contribution is -0.134. The molecule has 1 fully saturated rings. The minimum absolute atomic E-state index is 0.00685. The third-order valence-electron chi connectivity index (χ3n) is 1.66. The standard InChI is InChI=1S/C7H10O3S3/c1-7(3-12-13-4-7)6(10)11-2-5(8)9/h2-4H2,1H3,(H,8,9). The Labute approximate surface area is 88.8 Å². The van der Waals surface area contributed by atoms with Crippen LogP contribution in [0, 0.1) is 5.41 Å². The van der Waals surface area contributed by atoms with Crippen molar-refractivity contribution in [2.24, 2.45) is 5.41 Å². The lowest BCUT2D eigenvalue weighted by Gasteiger charge is -2.18. The molecule has 0 atom stereocenters. The first-order valence-corrected chi connectivity index (χ1v) is 7.15. The van der Waals surface area contributed by atoms with Crippen LogP contribution in [0.3, 0.4) is 0 Å². The van der Waals surface area contributed by atoms with Crippen LogP contribution in [0.25, 0.3) is 0 Å². The average Bonchev–Trinajstić information content (AvgIpc) is 2.49. The maximum atomic E-state index is 11.5. The quantitative estimate of drug-likeness (QED) is 0.756. The molecule has 0 aliphatic carbocycles. The van der Waals surface area contributed by atoms with Gasteiger partial charge in [0.05, 0.1) is 11.2 Å². The van der Waals surface area contributed by atoms with Crippen molar-refractivity contribution in [1.82, 2.24) is 0 Å².